The van der Waals surface area contributed by atoms with Gasteiger partial charge in [0.2, 0.25) is 5.91 Å². The Hall–Kier alpha value is -3.36. The van der Waals surface area contributed by atoms with E-state index in [0.29, 0.717) is 25.0 Å². The molecule has 3 rings (SSSR count). The van der Waals surface area contributed by atoms with E-state index >= 15 is 4.39 Å². The first-order valence-corrected chi connectivity index (χ1v) is 12.8. The Morgan fingerprint density at radius 1 is 1.19 bits per heavy atom. The number of halogens is 2. The molecule has 7 nitrogen and oxygen atoms in total. The Morgan fingerprint density at radius 2 is 1.81 bits per heavy atom. The Bertz CT molecular complexity index is 1150. The van der Waals surface area contributed by atoms with Crippen molar-refractivity contribution in [3.8, 4) is 0 Å². The summed E-state index contributed by atoms with van der Waals surface area (Å²) in [6, 6.07) is 0.886. The van der Waals surface area contributed by atoms with Gasteiger partial charge >= 0.3 is 0 Å². The molecule has 9 heteroatoms. The molecule has 37 heavy (non-hydrogen) atoms. The fraction of sp³-hybridized carbons (Fsp3) is 0.500. The number of benzene rings is 1. The number of rotatable bonds is 9. The number of carbonyl (C=O) groups is 3. The summed E-state index contributed by atoms with van der Waals surface area (Å²) in [4.78, 5) is 44.4. The maximum atomic E-state index is 15.0. The molecule has 1 saturated carbocycles. The van der Waals surface area contributed by atoms with Crippen LogP contribution in [-0.2, 0) is 9.59 Å². The molecule has 200 valence electrons. The first-order chi connectivity index (χ1) is 17.4. The topological polar surface area (TPSA) is 90.9 Å². The van der Waals surface area contributed by atoms with Crippen LogP contribution in [0, 0.1) is 11.6 Å². The Kier molecular flexibility index (Phi) is 8.66. The van der Waals surface area contributed by atoms with Gasteiger partial charge in [0, 0.05) is 29.6 Å². The van der Waals surface area contributed by atoms with Crippen LogP contribution in [0.25, 0.3) is 0 Å². The minimum absolute atomic E-state index is 0.0485. The molecule has 0 radical (unpaired) electrons. The lowest BCUT2D eigenvalue weighted by Gasteiger charge is -2.27. The van der Waals surface area contributed by atoms with Gasteiger partial charge < -0.3 is 15.5 Å². The van der Waals surface area contributed by atoms with Gasteiger partial charge in [0.05, 0.1) is 17.2 Å². The lowest BCUT2D eigenvalue weighted by Crippen LogP contribution is -2.50. The van der Waals surface area contributed by atoms with E-state index in [0.717, 1.165) is 25.0 Å². The van der Waals surface area contributed by atoms with E-state index in [-0.39, 0.29) is 28.8 Å². The van der Waals surface area contributed by atoms with E-state index in [1.165, 1.54) is 13.1 Å². The zero-order valence-electron chi connectivity index (χ0n) is 22.2. The summed E-state index contributed by atoms with van der Waals surface area (Å²) in [5, 5.41) is 5.43. The monoisotopic (exact) mass is 514 g/mol. The molecular weight excluding hydrogens is 478 g/mol. The summed E-state index contributed by atoms with van der Waals surface area (Å²) in [5.41, 5.74) is -0.616. The third-order valence-corrected chi connectivity index (χ3v) is 7.22. The highest BCUT2D eigenvalue weighted by molar-refractivity contribution is 6.14. The minimum atomic E-state index is -1.12. The molecule has 2 fully saturated rings. The largest absolute Gasteiger partial charge is 0.347 e. The number of nitrogens with one attached hydrogen (secondary N) is 2. The highest BCUT2D eigenvalue weighted by Crippen LogP contribution is 2.37. The number of hydrogen-bond acceptors (Lipinski definition) is 4. The zero-order chi connectivity index (χ0) is 27.5. The zero-order valence-corrected chi connectivity index (χ0v) is 22.2. The van der Waals surface area contributed by atoms with Crippen LogP contribution in [0.2, 0.25) is 0 Å². The first kappa shape index (κ1) is 28.2. The highest BCUT2D eigenvalue weighted by atomic mass is 19.1. The van der Waals surface area contributed by atoms with Crippen LogP contribution in [0.3, 0.4) is 0 Å². The number of aliphatic imine (C=N–C) groups is 1. The molecule has 1 heterocycles. The van der Waals surface area contributed by atoms with Gasteiger partial charge in [-0.1, -0.05) is 19.6 Å². The second-order valence-corrected chi connectivity index (χ2v) is 9.99. The number of nitrogens with zero attached hydrogens (tertiary/aromatic N) is 2. The van der Waals surface area contributed by atoms with Gasteiger partial charge in [-0.3, -0.25) is 19.4 Å². The van der Waals surface area contributed by atoms with Crippen molar-refractivity contribution in [3.63, 3.8) is 0 Å². The molecule has 2 N–H and O–H groups in total. The number of amides is 3. The molecule has 1 aromatic carbocycles. The molecule has 0 bridgehead atoms. The predicted molar refractivity (Wildman–Crippen MR) is 139 cm³/mol. The van der Waals surface area contributed by atoms with Crippen LogP contribution in [0.1, 0.15) is 88.7 Å². The number of hydrogen-bond donors (Lipinski definition) is 2. The van der Waals surface area contributed by atoms with Crippen molar-refractivity contribution in [1.82, 2.24) is 15.5 Å². The second kappa shape index (κ2) is 11.4. The van der Waals surface area contributed by atoms with Crippen LogP contribution in [-0.4, -0.2) is 46.5 Å². The first-order valence-electron chi connectivity index (χ1n) is 12.8. The van der Waals surface area contributed by atoms with Crippen molar-refractivity contribution in [2.24, 2.45) is 4.99 Å². The average Bonchev–Trinajstić information content (AvgIpc) is 3.56. The lowest BCUT2D eigenvalue weighted by atomic mass is 10.0. The highest BCUT2D eigenvalue weighted by Gasteiger charge is 2.51. The maximum Gasteiger partial charge on any atom is 0.257 e. The van der Waals surface area contributed by atoms with E-state index in [1.807, 2.05) is 20.8 Å². The molecule has 1 saturated heterocycles. The molecular formula is C28H36F2N4O3. The standard InChI is InChI=1S/C28H36F2N4O3/c1-7-16(3)31-15-20(8-2)25(35)33-28(11-12-28)27(37)32-19(6)21-13-24(30)22(14-23(21)29)26(36)34-17(4)9-10-18(34)5/h8,13-15,17-19H,3,7,9-12H2,1-2,4-6H3,(H,32,37)(H,33,35)/b20-8+,31-15?/t17-,18+,19-/m1/s1. The molecule has 1 aliphatic carbocycles. The minimum Gasteiger partial charge on any atom is -0.347 e. The van der Waals surface area contributed by atoms with E-state index in [4.69, 9.17) is 0 Å². The van der Waals surface area contributed by atoms with Crippen molar-refractivity contribution in [3.05, 3.63) is 58.8 Å². The summed E-state index contributed by atoms with van der Waals surface area (Å²) in [5.74, 6) is -3.11. The van der Waals surface area contributed by atoms with Crippen molar-refractivity contribution in [2.75, 3.05) is 0 Å². The quantitative estimate of drug-likeness (QED) is 0.368. The third kappa shape index (κ3) is 6.14. The molecule has 1 aliphatic heterocycles. The van der Waals surface area contributed by atoms with Crippen molar-refractivity contribution in [2.45, 2.75) is 90.4 Å². The maximum absolute atomic E-state index is 15.0. The number of allylic oxidation sites excluding steroid dienone is 2. The normalized spacial score (nSPS) is 21.6. The van der Waals surface area contributed by atoms with Gasteiger partial charge in [-0.05, 0) is 71.9 Å². The predicted octanol–water partition coefficient (Wildman–Crippen LogP) is 4.74. The van der Waals surface area contributed by atoms with Crippen LogP contribution in [0.15, 0.2) is 41.1 Å². The Labute approximate surface area is 217 Å². The van der Waals surface area contributed by atoms with E-state index in [9.17, 15) is 18.8 Å². The van der Waals surface area contributed by atoms with Gasteiger partial charge in [0.25, 0.3) is 11.8 Å². The van der Waals surface area contributed by atoms with Crippen LogP contribution in [0.4, 0.5) is 8.78 Å². The van der Waals surface area contributed by atoms with Crippen LogP contribution < -0.4 is 10.6 Å². The molecule has 0 unspecified atom stereocenters. The fourth-order valence-corrected chi connectivity index (χ4v) is 4.54. The van der Waals surface area contributed by atoms with Gasteiger partial charge in [-0.25, -0.2) is 8.78 Å². The van der Waals surface area contributed by atoms with Gasteiger partial charge in [0.1, 0.15) is 17.2 Å². The van der Waals surface area contributed by atoms with E-state index in [2.05, 4.69) is 22.2 Å². The van der Waals surface area contributed by atoms with E-state index < -0.39 is 40.9 Å². The van der Waals surface area contributed by atoms with Gasteiger partial charge in [-0.15, -0.1) is 0 Å². The van der Waals surface area contributed by atoms with Gasteiger partial charge in [0.15, 0.2) is 0 Å². The van der Waals surface area contributed by atoms with Crippen molar-refractivity contribution >= 4 is 23.9 Å². The summed E-state index contributed by atoms with van der Waals surface area (Å²) >= 11 is 0. The molecule has 1 aromatic rings. The fourth-order valence-electron chi connectivity index (χ4n) is 4.54. The molecule has 0 aromatic heterocycles. The van der Waals surface area contributed by atoms with Crippen molar-refractivity contribution < 1.29 is 23.2 Å². The summed E-state index contributed by atoms with van der Waals surface area (Å²) < 4.78 is 30.0. The Morgan fingerprint density at radius 3 is 2.35 bits per heavy atom. The average molecular weight is 515 g/mol. The number of carbonyl (C=O) groups excluding carboxylic acids is 3. The number of likely N-dealkylation sites (tertiary alicyclic amines) is 1. The van der Waals surface area contributed by atoms with Gasteiger partial charge in [-0.2, -0.15) is 0 Å². The van der Waals surface area contributed by atoms with Crippen molar-refractivity contribution in [1.29, 1.82) is 0 Å². The third-order valence-electron chi connectivity index (χ3n) is 7.22. The summed E-state index contributed by atoms with van der Waals surface area (Å²) in [6.07, 6.45) is 6.10. The van der Waals surface area contributed by atoms with Crippen LogP contribution in [0.5, 0.6) is 0 Å². The molecule has 2 aliphatic rings. The Balaban J connectivity index is 1.70. The molecule has 3 amide bonds. The summed E-state index contributed by atoms with van der Waals surface area (Å²) in [7, 11) is 0. The smallest absolute Gasteiger partial charge is 0.257 e. The van der Waals surface area contributed by atoms with Crippen LogP contribution >= 0.6 is 0 Å². The van der Waals surface area contributed by atoms with E-state index in [1.54, 1.807) is 17.9 Å². The molecule has 3 atom stereocenters. The lowest BCUT2D eigenvalue weighted by molar-refractivity contribution is -0.128. The second-order valence-electron chi connectivity index (χ2n) is 9.99. The molecule has 0 spiro atoms. The SMILES string of the molecule is C=C(CC)N=C/C(=C\C)C(=O)NC1(C(=O)N[C@H](C)c2cc(F)c(C(=O)N3[C@H](C)CC[C@@H]3C)cc2F)CC1. The summed E-state index contributed by atoms with van der Waals surface area (Å²) in [6.45, 7) is 12.7.